The Labute approximate surface area is 102 Å². The molecule has 0 aromatic heterocycles. The Morgan fingerprint density at radius 1 is 1.44 bits per heavy atom. The van der Waals surface area contributed by atoms with E-state index in [1.54, 1.807) is 7.11 Å². The van der Waals surface area contributed by atoms with Gasteiger partial charge >= 0.3 is 0 Å². The van der Waals surface area contributed by atoms with Gasteiger partial charge in [0.2, 0.25) is 0 Å². The van der Waals surface area contributed by atoms with Crippen LogP contribution in [0.3, 0.4) is 0 Å². The van der Waals surface area contributed by atoms with E-state index in [9.17, 15) is 0 Å². The zero-order chi connectivity index (χ0) is 11.5. The van der Waals surface area contributed by atoms with Gasteiger partial charge in [-0.15, -0.1) is 0 Å². The molecule has 0 saturated heterocycles. The first kappa shape index (κ1) is 11.5. The van der Waals surface area contributed by atoms with E-state index in [-0.39, 0.29) is 6.61 Å². The van der Waals surface area contributed by atoms with E-state index in [2.05, 4.69) is 15.9 Å². The fourth-order valence-corrected chi connectivity index (χ4v) is 2.43. The average molecular weight is 289 g/mol. The Balaban J connectivity index is 2.50. The van der Waals surface area contributed by atoms with Gasteiger partial charge in [0.1, 0.15) is 23.4 Å². The molecule has 0 atom stereocenters. The van der Waals surface area contributed by atoms with Crippen LogP contribution in [0.1, 0.15) is 5.56 Å². The maximum Gasteiger partial charge on any atom is 0.179 e. The molecule has 1 heterocycles. The van der Waals surface area contributed by atoms with E-state index in [0.29, 0.717) is 36.9 Å². The van der Waals surface area contributed by atoms with Crippen LogP contribution in [0.25, 0.3) is 0 Å². The van der Waals surface area contributed by atoms with Gasteiger partial charge in [-0.25, -0.2) is 0 Å². The summed E-state index contributed by atoms with van der Waals surface area (Å²) in [5.74, 6) is 2.06. The summed E-state index contributed by atoms with van der Waals surface area (Å²) in [6.07, 6.45) is 0.526. The molecule has 0 saturated carbocycles. The first-order valence-corrected chi connectivity index (χ1v) is 5.83. The molecule has 16 heavy (non-hydrogen) atoms. The first-order valence-electron chi connectivity index (χ1n) is 5.03. The monoisotopic (exact) mass is 288 g/mol. The number of hydrogen-bond donors (Lipinski definition) is 1. The minimum absolute atomic E-state index is 0.0719. The lowest BCUT2D eigenvalue weighted by molar-refractivity contribution is 0.169. The largest absolute Gasteiger partial charge is 0.495 e. The highest BCUT2D eigenvalue weighted by atomic mass is 79.9. The van der Waals surface area contributed by atoms with Crippen LogP contribution in [-0.4, -0.2) is 32.0 Å². The highest BCUT2D eigenvalue weighted by molar-refractivity contribution is 9.10. The van der Waals surface area contributed by atoms with E-state index in [0.717, 1.165) is 10.0 Å². The summed E-state index contributed by atoms with van der Waals surface area (Å²) in [6, 6.07) is 1.86. The van der Waals surface area contributed by atoms with Gasteiger partial charge in [0.15, 0.2) is 11.5 Å². The van der Waals surface area contributed by atoms with Gasteiger partial charge in [-0.3, -0.25) is 0 Å². The quantitative estimate of drug-likeness (QED) is 0.921. The van der Waals surface area contributed by atoms with Crippen molar-refractivity contribution in [2.45, 2.75) is 6.42 Å². The smallest absolute Gasteiger partial charge is 0.179 e. The van der Waals surface area contributed by atoms with Crippen LogP contribution in [0.15, 0.2) is 10.5 Å². The molecule has 1 aromatic carbocycles. The molecule has 1 aliphatic rings. The number of hydrogen-bond acceptors (Lipinski definition) is 4. The lowest BCUT2D eigenvalue weighted by Crippen LogP contribution is -2.16. The van der Waals surface area contributed by atoms with Gasteiger partial charge in [-0.2, -0.15) is 0 Å². The van der Waals surface area contributed by atoms with Gasteiger partial charge in [0.05, 0.1) is 7.11 Å². The third-order valence-electron chi connectivity index (χ3n) is 2.39. The van der Waals surface area contributed by atoms with Crippen molar-refractivity contribution in [2.75, 3.05) is 26.9 Å². The van der Waals surface area contributed by atoms with Crippen LogP contribution in [0, 0.1) is 0 Å². The predicted molar refractivity (Wildman–Crippen MR) is 62.5 cm³/mol. The van der Waals surface area contributed by atoms with Gasteiger partial charge < -0.3 is 19.3 Å². The maximum atomic E-state index is 8.99. The number of aliphatic hydroxyl groups excluding tert-OH is 1. The van der Waals surface area contributed by atoms with Gasteiger partial charge in [-0.05, 0) is 28.4 Å². The molecule has 0 unspecified atom stereocenters. The second-order valence-electron chi connectivity index (χ2n) is 3.38. The molecule has 1 aliphatic heterocycles. The molecule has 1 aromatic rings. The van der Waals surface area contributed by atoms with E-state index >= 15 is 0 Å². The summed E-state index contributed by atoms with van der Waals surface area (Å²) in [7, 11) is 1.59. The van der Waals surface area contributed by atoms with Crippen LogP contribution in [0.5, 0.6) is 17.2 Å². The van der Waals surface area contributed by atoms with Crippen molar-refractivity contribution < 1.29 is 19.3 Å². The van der Waals surface area contributed by atoms with Gasteiger partial charge in [0.25, 0.3) is 0 Å². The maximum absolute atomic E-state index is 8.99. The van der Waals surface area contributed by atoms with Crippen LogP contribution in [-0.2, 0) is 6.42 Å². The third-order valence-corrected chi connectivity index (χ3v) is 3.11. The molecule has 88 valence electrons. The molecule has 4 nitrogen and oxygen atoms in total. The summed E-state index contributed by atoms with van der Waals surface area (Å²) in [5.41, 5.74) is 0.904. The second-order valence-corrected chi connectivity index (χ2v) is 4.17. The standard InChI is InChI=1S/C11H13BrO4/c1-14-10-7(2-3-13)6-8-11(9(10)12)16-5-4-15-8/h6,13H,2-5H2,1H3. The van der Waals surface area contributed by atoms with Crippen LogP contribution >= 0.6 is 15.9 Å². The zero-order valence-electron chi connectivity index (χ0n) is 8.96. The van der Waals surface area contributed by atoms with Crippen molar-refractivity contribution >= 4 is 15.9 Å². The molecule has 0 bridgehead atoms. The minimum atomic E-state index is 0.0719. The first-order chi connectivity index (χ1) is 7.77. The Bertz CT molecular complexity index is 392. The molecule has 0 radical (unpaired) electrons. The predicted octanol–water partition coefficient (Wildman–Crippen LogP) is 1.76. The molecule has 0 amide bonds. The summed E-state index contributed by atoms with van der Waals surface area (Å²) >= 11 is 3.44. The number of ether oxygens (including phenoxy) is 3. The number of fused-ring (bicyclic) bond motifs is 1. The van der Waals surface area contributed by atoms with Crippen molar-refractivity contribution in [3.05, 3.63) is 16.1 Å². The van der Waals surface area contributed by atoms with E-state index in [4.69, 9.17) is 19.3 Å². The van der Waals surface area contributed by atoms with E-state index < -0.39 is 0 Å². The van der Waals surface area contributed by atoms with Crippen LogP contribution in [0.4, 0.5) is 0 Å². The molecule has 5 heteroatoms. The normalized spacial score (nSPS) is 13.7. The van der Waals surface area contributed by atoms with Crippen LogP contribution < -0.4 is 14.2 Å². The fraction of sp³-hybridized carbons (Fsp3) is 0.455. The number of aliphatic hydroxyl groups is 1. The number of rotatable bonds is 3. The average Bonchev–Trinajstić information content (AvgIpc) is 2.30. The molecular formula is C11H13BrO4. The van der Waals surface area contributed by atoms with Crippen molar-refractivity contribution in [2.24, 2.45) is 0 Å². The molecule has 1 N–H and O–H groups in total. The minimum Gasteiger partial charge on any atom is -0.495 e. The Hall–Kier alpha value is -0.940. The number of halogens is 1. The lowest BCUT2D eigenvalue weighted by atomic mass is 10.1. The van der Waals surface area contributed by atoms with Crippen molar-refractivity contribution in [3.63, 3.8) is 0 Å². The lowest BCUT2D eigenvalue weighted by Gasteiger charge is -2.22. The highest BCUT2D eigenvalue weighted by Crippen LogP contribution is 2.45. The molecule has 2 rings (SSSR count). The Morgan fingerprint density at radius 3 is 2.88 bits per heavy atom. The summed E-state index contributed by atoms with van der Waals surface area (Å²) in [5, 5.41) is 8.99. The zero-order valence-corrected chi connectivity index (χ0v) is 10.5. The third kappa shape index (κ3) is 1.97. The highest BCUT2D eigenvalue weighted by Gasteiger charge is 2.21. The second kappa shape index (κ2) is 4.93. The van der Waals surface area contributed by atoms with E-state index in [1.165, 1.54) is 0 Å². The van der Waals surface area contributed by atoms with Gasteiger partial charge in [-0.1, -0.05) is 0 Å². The van der Waals surface area contributed by atoms with Crippen molar-refractivity contribution in [1.82, 2.24) is 0 Å². The summed E-state index contributed by atoms with van der Waals surface area (Å²) < 4.78 is 17.1. The molecule has 0 aliphatic carbocycles. The summed E-state index contributed by atoms with van der Waals surface area (Å²) in [4.78, 5) is 0. The number of methoxy groups -OCH3 is 1. The molecule has 0 spiro atoms. The van der Waals surface area contributed by atoms with E-state index in [1.807, 2.05) is 6.07 Å². The topological polar surface area (TPSA) is 47.9 Å². The fourth-order valence-electron chi connectivity index (χ4n) is 1.71. The molecule has 0 fully saturated rings. The Kier molecular flexibility index (Phi) is 3.56. The van der Waals surface area contributed by atoms with Gasteiger partial charge in [0, 0.05) is 12.2 Å². The summed E-state index contributed by atoms with van der Waals surface area (Å²) in [6.45, 7) is 1.15. The Morgan fingerprint density at radius 2 is 2.19 bits per heavy atom. The SMILES string of the molecule is COc1c(CCO)cc2c(c1Br)OCCO2. The molecular weight excluding hydrogens is 276 g/mol. The number of benzene rings is 1. The van der Waals surface area contributed by atoms with Crippen molar-refractivity contribution in [3.8, 4) is 17.2 Å². The van der Waals surface area contributed by atoms with Crippen molar-refractivity contribution in [1.29, 1.82) is 0 Å². The van der Waals surface area contributed by atoms with Crippen LogP contribution in [0.2, 0.25) is 0 Å².